The van der Waals surface area contributed by atoms with E-state index in [1.54, 1.807) is 30.4 Å². The molecule has 5 heterocycles. The summed E-state index contributed by atoms with van der Waals surface area (Å²) in [5, 5.41) is 4.23. The molecule has 0 amide bonds. The predicted molar refractivity (Wildman–Crippen MR) is 246 cm³/mol. The maximum Gasteiger partial charge on any atom is 0.152 e. The summed E-state index contributed by atoms with van der Waals surface area (Å²) in [5.74, 6) is -1.93. The van der Waals surface area contributed by atoms with E-state index in [1.807, 2.05) is 74.2 Å². The van der Waals surface area contributed by atoms with Crippen LogP contribution in [0.5, 0.6) is 0 Å². The smallest absolute Gasteiger partial charge is 0.152 e. The molecule has 3 aromatic heterocycles. The van der Waals surface area contributed by atoms with Gasteiger partial charge in [-0.3, -0.25) is 0 Å². The van der Waals surface area contributed by atoms with E-state index >= 15 is 4.39 Å². The van der Waals surface area contributed by atoms with Gasteiger partial charge in [0, 0.05) is 71.4 Å². The fourth-order valence-corrected chi connectivity index (χ4v) is 9.30. The van der Waals surface area contributed by atoms with Gasteiger partial charge in [0.1, 0.15) is 23.3 Å². The average Bonchev–Trinajstić information content (AvgIpc) is 3.28. The Labute approximate surface area is 371 Å². The maximum atomic E-state index is 15.5. The van der Waals surface area contributed by atoms with Crippen molar-refractivity contribution in [3.63, 3.8) is 0 Å². The summed E-state index contributed by atoms with van der Waals surface area (Å²) in [6.45, 7) is 9.15. The Kier molecular flexibility index (Phi) is 13.4. The van der Waals surface area contributed by atoms with Crippen molar-refractivity contribution < 1.29 is 27.0 Å². The zero-order valence-corrected chi connectivity index (χ0v) is 36.9. The number of aromatic nitrogens is 3. The lowest BCUT2D eigenvalue weighted by Crippen LogP contribution is -2.38. The first-order valence-corrected chi connectivity index (χ1v) is 22.8. The molecule has 0 saturated carbocycles. The number of benzene rings is 4. The van der Waals surface area contributed by atoms with Crippen molar-refractivity contribution in [3.8, 4) is 22.5 Å². The number of anilines is 4. The Balaban J connectivity index is 0.000000203. The molecule has 8 nitrogen and oxygen atoms in total. The van der Waals surface area contributed by atoms with Crippen LogP contribution in [0.1, 0.15) is 11.1 Å². The first kappa shape index (κ1) is 43.5. The zero-order valence-electron chi connectivity index (χ0n) is 34.5. The molecule has 2 aliphatic rings. The topological polar surface area (TPSA) is 75.6 Å². The van der Waals surface area contributed by atoms with Crippen molar-refractivity contribution in [1.29, 1.82) is 0 Å². The Hall–Kier alpha value is -5.12. The second-order valence-corrected chi connectivity index (χ2v) is 16.8. The molecule has 0 bridgehead atoms. The summed E-state index contributed by atoms with van der Waals surface area (Å²) in [6.07, 6.45) is 5.86. The number of hydrogen-bond acceptors (Lipinski definition) is 10. The standard InChI is InChI=1S/C30H31F2N5O2S.C17H12ClF2NS/c1-19-28(22-5-3-4-6-26(22)40-2)34-24-16-20(31)15-23(32)27(24)29(19)35-25-17-21(36-7-11-38-12-8-36)18-33-30(25)37-9-13-39-14-10-37;1-9-16(18)15-12(20)7-10(19)8-13(15)21-17(9)11-5-3-4-6-14(11)22-2/h3-6,15-18H,7-14H2,1-2H3,(H,34,35);3-8H,1-2H3. The van der Waals surface area contributed by atoms with Crippen LogP contribution in [0.15, 0.2) is 94.9 Å². The molecule has 0 radical (unpaired) electrons. The van der Waals surface area contributed by atoms with Gasteiger partial charge in [-0.05, 0) is 55.7 Å². The second kappa shape index (κ2) is 19.1. The van der Waals surface area contributed by atoms with E-state index in [0.29, 0.717) is 62.2 Å². The van der Waals surface area contributed by atoms with Crippen LogP contribution in [0.2, 0.25) is 5.02 Å². The Morgan fingerprint density at radius 3 is 1.71 bits per heavy atom. The lowest BCUT2D eigenvalue weighted by Gasteiger charge is -2.32. The van der Waals surface area contributed by atoms with Crippen LogP contribution in [0.25, 0.3) is 44.3 Å². The molecule has 9 rings (SSSR count). The molecule has 15 heteroatoms. The van der Waals surface area contributed by atoms with E-state index in [4.69, 9.17) is 31.0 Å². The largest absolute Gasteiger partial charge is 0.378 e. The third kappa shape index (κ3) is 8.89. The average molecular weight is 899 g/mol. The Morgan fingerprint density at radius 1 is 0.645 bits per heavy atom. The quantitative estimate of drug-likeness (QED) is 0.118. The summed E-state index contributed by atoms with van der Waals surface area (Å²) >= 11 is 9.52. The van der Waals surface area contributed by atoms with Crippen LogP contribution < -0.4 is 15.1 Å². The fraction of sp³-hybridized carbons (Fsp3) is 0.255. The van der Waals surface area contributed by atoms with Crippen LogP contribution in [0, 0.1) is 37.1 Å². The molecule has 1 N–H and O–H groups in total. The van der Waals surface area contributed by atoms with E-state index in [-0.39, 0.29) is 26.8 Å². The first-order valence-electron chi connectivity index (χ1n) is 20.0. The lowest BCUT2D eigenvalue weighted by molar-refractivity contribution is 0.122. The number of thioether (sulfide) groups is 2. The van der Waals surface area contributed by atoms with E-state index in [0.717, 1.165) is 68.9 Å². The number of fused-ring (bicyclic) bond motifs is 2. The van der Waals surface area contributed by atoms with Gasteiger partial charge in [-0.2, -0.15) is 0 Å². The number of nitrogens with zero attached hydrogens (tertiary/aromatic N) is 5. The van der Waals surface area contributed by atoms with E-state index in [2.05, 4.69) is 26.2 Å². The van der Waals surface area contributed by atoms with Gasteiger partial charge in [0.25, 0.3) is 0 Å². The SMILES string of the molecule is CSc1ccccc1-c1nc2cc(F)cc(F)c2c(Cl)c1C.CSc1ccccc1-c1nc2cc(F)cc(F)c2c(Nc2cc(N3CCOCC3)cnc2N2CCOCC2)c1C. The highest BCUT2D eigenvalue weighted by Gasteiger charge is 2.24. The highest BCUT2D eigenvalue weighted by atomic mass is 35.5. The van der Waals surface area contributed by atoms with Gasteiger partial charge in [0.2, 0.25) is 0 Å². The third-order valence-electron chi connectivity index (χ3n) is 10.9. The summed E-state index contributed by atoms with van der Waals surface area (Å²) in [6, 6.07) is 22.0. The first-order chi connectivity index (χ1) is 30.1. The number of rotatable bonds is 8. The summed E-state index contributed by atoms with van der Waals surface area (Å²) in [5.41, 5.74) is 7.31. The fourth-order valence-electron chi connectivity index (χ4n) is 7.82. The van der Waals surface area contributed by atoms with Crippen LogP contribution in [0.4, 0.5) is 40.4 Å². The minimum absolute atomic E-state index is 0.158. The molecule has 0 aliphatic carbocycles. The van der Waals surface area contributed by atoms with Crippen molar-refractivity contribution in [3.05, 3.63) is 124 Å². The predicted octanol–water partition coefficient (Wildman–Crippen LogP) is 11.9. The highest BCUT2D eigenvalue weighted by Crippen LogP contribution is 2.42. The van der Waals surface area contributed by atoms with Crippen LogP contribution in [-0.4, -0.2) is 80.1 Å². The van der Waals surface area contributed by atoms with Crippen molar-refractivity contribution in [1.82, 2.24) is 15.0 Å². The van der Waals surface area contributed by atoms with Gasteiger partial charge >= 0.3 is 0 Å². The number of ether oxygens (including phenoxy) is 2. The molecule has 62 heavy (non-hydrogen) atoms. The van der Waals surface area contributed by atoms with Crippen molar-refractivity contribution >= 4 is 79.8 Å². The summed E-state index contributed by atoms with van der Waals surface area (Å²) < 4.78 is 68.6. The van der Waals surface area contributed by atoms with Crippen LogP contribution >= 0.6 is 35.1 Å². The van der Waals surface area contributed by atoms with Crippen molar-refractivity contribution in [2.75, 3.05) is 80.2 Å². The second-order valence-electron chi connectivity index (χ2n) is 14.7. The van der Waals surface area contributed by atoms with Gasteiger partial charge in [-0.15, -0.1) is 23.5 Å². The maximum absolute atomic E-state index is 15.5. The summed E-state index contributed by atoms with van der Waals surface area (Å²) in [7, 11) is 0. The third-order valence-corrected chi connectivity index (χ3v) is 13.0. The molecule has 2 aliphatic heterocycles. The molecule has 2 saturated heterocycles. The molecular formula is C47H43ClF4N6O2S2. The van der Waals surface area contributed by atoms with Crippen molar-refractivity contribution in [2.45, 2.75) is 23.6 Å². The van der Waals surface area contributed by atoms with E-state index in [9.17, 15) is 13.2 Å². The van der Waals surface area contributed by atoms with Crippen LogP contribution in [-0.2, 0) is 9.47 Å². The monoisotopic (exact) mass is 898 g/mol. The normalized spacial score (nSPS) is 14.3. The van der Waals surface area contributed by atoms with E-state index < -0.39 is 23.3 Å². The number of morpholine rings is 2. The minimum Gasteiger partial charge on any atom is -0.378 e. The van der Waals surface area contributed by atoms with Crippen molar-refractivity contribution in [2.24, 2.45) is 0 Å². The Morgan fingerprint density at radius 2 is 1.15 bits per heavy atom. The molecule has 0 unspecified atom stereocenters. The highest BCUT2D eigenvalue weighted by molar-refractivity contribution is 7.99. The van der Waals surface area contributed by atoms with Gasteiger partial charge < -0.3 is 24.6 Å². The number of halogens is 5. The zero-order chi connectivity index (χ0) is 43.5. The van der Waals surface area contributed by atoms with Gasteiger partial charge in [-0.25, -0.2) is 32.5 Å². The molecule has 4 aromatic carbocycles. The molecule has 0 spiro atoms. The minimum atomic E-state index is -0.694. The molecule has 7 aromatic rings. The number of nitrogens with one attached hydrogen (secondary N) is 1. The lowest BCUT2D eigenvalue weighted by atomic mass is 10.0. The summed E-state index contributed by atoms with van der Waals surface area (Å²) in [4.78, 5) is 20.6. The molecule has 0 atom stereocenters. The van der Waals surface area contributed by atoms with Gasteiger partial charge in [-0.1, -0.05) is 48.0 Å². The van der Waals surface area contributed by atoms with Gasteiger partial charge in [0.05, 0.1) is 87.9 Å². The van der Waals surface area contributed by atoms with Crippen LogP contribution in [0.3, 0.4) is 0 Å². The number of pyridine rings is 3. The number of hydrogen-bond donors (Lipinski definition) is 1. The molecule has 320 valence electrons. The Bertz CT molecular complexity index is 2790. The molecular weight excluding hydrogens is 856 g/mol. The van der Waals surface area contributed by atoms with E-state index in [1.165, 1.54) is 12.1 Å². The molecule has 2 fully saturated rings. The van der Waals surface area contributed by atoms with Gasteiger partial charge in [0.15, 0.2) is 5.82 Å².